The third kappa shape index (κ3) is 3.12. The molecule has 1 atom stereocenters. The SMILES string of the molecule is CC1CN(c2ccc(Cl)cc2CCN)CCO1. The molecular formula is C13H19ClN2O. The van der Waals surface area contributed by atoms with Crippen molar-refractivity contribution in [1.82, 2.24) is 0 Å². The zero-order chi connectivity index (χ0) is 12.3. The molecule has 0 aliphatic carbocycles. The van der Waals surface area contributed by atoms with Gasteiger partial charge in [-0.3, -0.25) is 0 Å². The van der Waals surface area contributed by atoms with Crippen molar-refractivity contribution in [2.45, 2.75) is 19.4 Å². The molecule has 2 N–H and O–H groups in total. The number of nitrogens with zero attached hydrogens (tertiary/aromatic N) is 1. The minimum Gasteiger partial charge on any atom is -0.375 e. The van der Waals surface area contributed by atoms with Crippen LogP contribution in [0.4, 0.5) is 5.69 Å². The lowest BCUT2D eigenvalue weighted by Gasteiger charge is -2.34. The summed E-state index contributed by atoms with van der Waals surface area (Å²) in [6.07, 6.45) is 1.15. The summed E-state index contributed by atoms with van der Waals surface area (Å²) in [6, 6.07) is 6.05. The van der Waals surface area contributed by atoms with Crippen molar-refractivity contribution in [3.05, 3.63) is 28.8 Å². The number of hydrogen-bond donors (Lipinski definition) is 1. The van der Waals surface area contributed by atoms with Crippen molar-refractivity contribution >= 4 is 17.3 Å². The van der Waals surface area contributed by atoms with Gasteiger partial charge in [-0.1, -0.05) is 11.6 Å². The monoisotopic (exact) mass is 254 g/mol. The lowest BCUT2D eigenvalue weighted by molar-refractivity contribution is 0.0532. The van der Waals surface area contributed by atoms with E-state index in [9.17, 15) is 0 Å². The van der Waals surface area contributed by atoms with E-state index >= 15 is 0 Å². The predicted octanol–water partition coefficient (Wildman–Crippen LogP) is 2.07. The van der Waals surface area contributed by atoms with Crippen LogP contribution >= 0.6 is 11.6 Å². The average Bonchev–Trinajstić information content (AvgIpc) is 2.29. The summed E-state index contributed by atoms with van der Waals surface area (Å²) in [5.41, 5.74) is 8.13. The van der Waals surface area contributed by atoms with E-state index in [4.69, 9.17) is 22.1 Å². The Morgan fingerprint density at radius 3 is 3.06 bits per heavy atom. The first-order valence-electron chi connectivity index (χ1n) is 6.05. The zero-order valence-corrected chi connectivity index (χ0v) is 10.9. The summed E-state index contributed by atoms with van der Waals surface area (Å²) in [5.74, 6) is 0. The van der Waals surface area contributed by atoms with Gasteiger partial charge in [0.1, 0.15) is 0 Å². The van der Waals surface area contributed by atoms with Gasteiger partial charge in [0.05, 0.1) is 12.7 Å². The summed E-state index contributed by atoms with van der Waals surface area (Å²) >= 11 is 6.04. The molecule has 2 rings (SSSR count). The molecule has 0 spiro atoms. The van der Waals surface area contributed by atoms with Crippen molar-refractivity contribution in [2.75, 3.05) is 31.1 Å². The highest BCUT2D eigenvalue weighted by atomic mass is 35.5. The Balaban J connectivity index is 2.23. The van der Waals surface area contributed by atoms with Gasteiger partial charge in [-0.05, 0) is 43.7 Å². The molecule has 0 aromatic heterocycles. The van der Waals surface area contributed by atoms with Crippen LogP contribution in [0.5, 0.6) is 0 Å². The van der Waals surface area contributed by atoms with Crippen LogP contribution in [0.15, 0.2) is 18.2 Å². The summed E-state index contributed by atoms with van der Waals surface area (Å²) in [6.45, 7) is 5.40. The van der Waals surface area contributed by atoms with Crippen molar-refractivity contribution in [1.29, 1.82) is 0 Å². The maximum Gasteiger partial charge on any atom is 0.0722 e. The minimum absolute atomic E-state index is 0.283. The maximum atomic E-state index is 6.04. The average molecular weight is 255 g/mol. The quantitative estimate of drug-likeness (QED) is 0.898. The van der Waals surface area contributed by atoms with Gasteiger partial charge in [0.15, 0.2) is 0 Å². The van der Waals surface area contributed by atoms with Crippen LogP contribution in [0.1, 0.15) is 12.5 Å². The smallest absolute Gasteiger partial charge is 0.0722 e. The molecule has 0 saturated carbocycles. The van der Waals surface area contributed by atoms with Crippen LogP contribution in [0.3, 0.4) is 0 Å². The number of hydrogen-bond acceptors (Lipinski definition) is 3. The van der Waals surface area contributed by atoms with Gasteiger partial charge in [-0.15, -0.1) is 0 Å². The van der Waals surface area contributed by atoms with Crippen LogP contribution < -0.4 is 10.6 Å². The van der Waals surface area contributed by atoms with Crippen molar-refractivity contribution in [3.8, 4) is 0 Å². The first kappa shape index (κ1) is 12.7. The molecule has 94 valence electrons. The number of anilines is 1. The van der Waals surface area contributed by atoms with Gasteiger partial charge < -0.3 is 15.4 Å². The Kier molecular flexibility index (Phi) is 4.26. The second-order valence-corrected chi connectivity index (χ2v) is 4.88. The largest absolute Gasteiger partial charge is 0.375 e. The Labute approximate surface area is 107 Å². The normalized spacial score (nSPS) is 20.6. The van der Waals surface area contributed by atoms with Crippen LogP contribution in [0, 0.1) is 0 Å². The lowest BCUT2D eigenvalue weighted by atomic mass is 10.1. The lowest BCUT2D eigenvalue weighted by Crippen LogP contribution is -2.41. The molecule has 1 unspecified atom stereocenters. The summed E-state index contributed by atoms with van der Waals surface area (Å²) in [4.78, 5) is 2.36. The Morgan fingerprint density at radius 2 is 2.35 bits per heavy atom. The van der Waals surface area contributed by atoms with Crippen LogP contribution in [0.25, 0.3) is 0 Å². The third-order valence-corrected chi connectivity index (χ3v) is 3.27. The van der Waals surface area contributed by atoms with E-state index < -0.39 is 0 Å². The molecule has 4 heteroatoms. The number of nitrogens with two attached hydrogens (primary N) is 1. The van der Waals surface area contributed by atoms with Gasteiger partial charge in [0, 0.05) is 23.8 Å². The molecule has 1 saturated heterocycles. The standard InChI is InChI=1S/C13H19ClN2O/c1-10-9-16(6-7-17-10)13-3-2-12(14)8-11(13)4-5-15/h2-3,8,10H,4-7,9,15H2,1H3. The fourth-order valence-corrected chi connectivity index (χ4v) is 2.45. The molecule has 0 amide bonds. The van der Waals surface area contributed by atoms with E-state index in [0.29, 0.717) is 6.54 Å². The summed E-state index contributed by atoms with van der Waals surface area (Å²) < 4.78 is 5.56. The molecule has 1 heterocycles. The van der Waals surface area contributed by atoms with Crippen LogP contribution in [-0.2, 0) is 11.2 Å². The van der Waals surface area contributed by atoms with Gasteiger partial charge >= 0.3 is 0 Å². The Morgan fingerprint density at radius 1 is 1.53 bits per heavy atom. The zero-order valence-electron chi connectivity index (χ0n) is 10.2. The molecule has 0 bridgehead atoms. The molecule has 1 aliphatic heterocycles. The number of benzene rings is 1. The van der Waals surface area contributed by atoms with Gasteiger partial charge in [-0.2, -0.15) is 0 Å². The first-order valence-corrected chi connectivity index (χ1v) is 6.43. The molecule has 0 radical (unpaired) electrons. The maximum absolute atomic E-state index is 6.04. The number of morpholine rings is 1. The first-order chi connectivity index (χ1) is 8.20. The van der Waals surface area contributed by atoms with Crippen molar-refractivity contribution < 1.29 is 4.74 Å². The summed E-state index contributed by atoms with van der Waals surface area (Å²) in [7, 11) is 0. The molecular weight excluding hydrogens is 236 g/mol. The van der Waals surface area contributed by atoms with E-state index in [2.05, 4.69) is 17.9 Å². The fourth-order valence-electron chi connectivity index (χ4n) is 2.26. The van der Waals surface area contributed by atoms with E-state index in [1.54, 1.807) is 0 Å². The van der Waals surface area contributed by atoms with Gasteiger partial charge in [0.25, 0.3) is 0 Å². The number of rotatable bonds is 3. The van der Waals surface area contributed by atoms with Crippen molar-refractivity contribution in [3.63, 3.8) is 0 Å². The predicted molar refractivity (Wildman–Crippen MR) is 71.8 cm³/mol. The molecule has 3 nitrogen and oxygen atoms in total. The Bertz CT molecular complexity index is 384. The second kappa shape index (κ2) is 5.71. The number of halogens is 1. The summed E-state index contributed by atoms with van der Waals surface area (Å²) in [5, 5.41) is 0.776. The van der Waals surface area contributed by atoms with E-state index in [-0.39, 0.29) is 6.10 Å². The van der Waals surface area contributed by atoms with Crippen LogP contribution in [-0.4, -0.2) is 32.3 Å². The highest BCUT2D eigenvalue weighted by molar-refractivity contribution is 6.30. The molecule has 1 aliphatic rings. The number of ether oxygens (including phenoxy) is 1. The topological polar surface area (TPSA) is 38.5 Å². The minimum atomic E-state index is 0.283. The van der Waals surface area contributed by atoms with E-state index in [1.807, 2.05) is 12.1 Å². The highest BCUT2D eigenvalue weighted by Gasteiger charge is 2.19. The third-order valence-electron chi connectivity index (χ3n) is 3.04. The molecule has 1 aromatic rings. The van der Waals surface area contributed by atoms with E-state index in [0.717, 1.165) is 31.1 Å². The molecule has 1 aromatic carbocycles. The molecule has 17 heavy (non-hydrogen) atoms. The van der Waals surface area contributed by atoms with Gasteiger partial charge in [0.2, 0.25) is 0 Å². The van der Waals surface area contributed by atoms with E-state index in [1.165, 1.54) is 11.3 Å². The fraction of sp³-hybridized carbons (Fsp3) is 0.538. The van der Waals surface area contributed by atoms with Gasteiger partial charge in [-0.25, -0.2) is 0 Å². The highest BCUT2D eigenvalue weighted by Crippen LogP contribution is 2.26. The Hall–Kier alpha value is -0.770. The second-order valence-electron chi connectivity index (χ2n) is 4.44. The molecule has 1 fully saturated rings. The van der Waals surface area contributed by atoms with Crippen molar-refractivity contribution in [2.24, 2.45) is 5.73 Å². The van der Waals surface area contributed by atoms with Crippen LogP contribution in [0.2, 0.25) is 5.02 Å².